The van der Waals surface area contributed by atoms with Crippen molar-refractivity contribution in [2.45, 2.75) is 25.4 Å². The minimum Gasteiger partial charge on any atom is -0.497 e. The van der Waals surface area contributed by atoms with Gasteiger partial charge in [0.1, 0.15) is 17.6 Å². The Morgan fingerprint density at radius 2 is 1.77 bits per heavy atom. The van der Waals surface area contributed by atoms with Gasteiger partial charge in [0.2, 0.25) is 0 Å². The van der Waals surface area contributed by atoms with Gasteiger partial charge in [0.05, 0.1) is 25.1 Å². The van der Waals surface area contributed by atoms with E-state index in [1.807, 2.05) is 55.5 Å². The topological polar surface area (TPSA) is 61.5 Å². The van der Waals surface area contributed by atoms with E-state index in [9.17, 15) is 4.79 Å². The van der Waals surface area contributed by atoms with E-state index in [1.165, 1.54) is 5.69 Å². The molecule has 8 heteroatoms. The fourth-order valence-corrected chi connectivity index (χ4v) is 4.87. The largest absolute Gasteiger partial charge is 0.497 e. The summed E-state index contributed by atoms with van der Waals surface area (Å²) in [6.07, 6.45) is 2.24. The minimum atomic E-state index is -0.293. The smallest absolute Gasteiger partial charge is 0.260 e. The van der Waals surface area contributed by atoms with E-state index in [4.69, 9.17) is 25.9 Å². The normalized spacial score (nSPS) is 19.5. The maximum Gasteiger partial charge on any atom is 0.260 e. The van der Waals surface area contributed by atoms with Gasteiger partial charge < -0.3 is 14.1 Å². The molecular formula is C27H29ClN4O3. The van der Waals surface area contributed by atoms with Gasteiger partial charge in [-0.25, -0.2) is 5.01 Å². The third-order valence-electron chi connectivity index (χ3n) is 6.84. The number of ether oxygens (including phenoxy) is 1. The molecule has 2 aliphatic rings. The van der Waals surface area contributed by atoms with Gasteiger partial charge in [0.25, 0.3) is 5.91 Å². The number of benzene rings is 2. The molecule has 35 heavy (non-hydrogen) atoms. The molecule has 182 valence electrons. The maximum atomic E-state index is 13.7. The van der Waals surface area contributed by atoms with Crippen molar-refractivity contribution in [3.8, 4) is 5.75 Å². The molecule has 1 amide bonds. The van der Waals surface area contributed by atoms with Crippen molar-refractivity contribution in [2.75, 3.05) is 38.2 Å². The quantitative estimate of drug-likeness (QED) is 0.493. The van der Waals surface area contributed by atoms with Crippen LogP contribution in [0.4, 0.5) is 5.69 Å². The molecular weight excluding hydrogens is 464 g/mol. The van der Waals surface area contributed by atoms with Crippen molar-refractivity contribution in [1.29, 1.82) is 0 Å². The standard InChI is InChI=1S/C27H29ClN4O3/c1-19(30-13-15-31(16-14-30)22-9-11-23(34-2)12-10-22)27(33)32-25(26-4-3-17-35-26)18-24(29-32)20-5-7-21(28)8-6-20/h3-12,17,19,25H,13-16,18H2,1-2H3. The second-order valence-electron chi connectivity index (χ2n) is 8.87. The number of halogens is 1. The number of hydrazone groups is 1. The zero-order valence-electron chi connectivity index (χ0n) is 19.9. The molecule has 1 aromatic heterocycles. The molecule has 3 heterocycles. The van der Waals surface area contributed by atoms with Crippen LogP contribution < -0.4 is 9.64 Å². The van der Waals surface area contributed by atoms with Crippen LogP contribution in [0.15, 0.2) is 76.4 Å². The first-order valence-corrected chi connectivity index (χ1v) is 12.2. The summed E-state index contributed by atoms with van der Waals surface area (Å²) in [7, 11) is 1.67. The van der Waals surface area contributed by atoms with E-state index < -0.39 is 0 Å². The van der Waals surface area contributed by atoms with Gasteiger partial charge >= 0.3 is 0 Å². The lowest BCUT2D eigenvalue weighted by Gasteiger charge is -2.39. The Morgan fingerprint density at radius 3 is 2.40 bits per heavy atom. The van der Waals surface area contributed by atoms with E-state index in [0.717, 1.165) is 49.0 Å². The van der Waals surface area contributed by atoms with Crippen LogP contribution in [0, 0.1) is 0 Å². The van der Waals surface area contributed by atoms with Gasteiger partial charge in [-0.05, 0) is 61.0 Å². The molecule has 2 aromatic carbocycles. The van der Waals surface area contributed by atoms with Gasteiger partial charge in [0, 0.05) is 43.3 Å². The predicted octanol–water partition coefficient (Wildman–Crippen LogP) is 4.83. The van der Waals surface area contributed by atoms with Crippen LogP contribution in [-0.2, 0) is 4.79 Å². The SMILES string of the molecule is COc1ccc(N2CCN(C(C)C(=O)N3N=C(c4ccc(Cl)cc4)CC3c3ccco3)CC2)cc1. The molecule has 2 atom stereocenters. The van der Waals surface area contributed by atoms with Crippen molar-refractivity contribution in [1.82, 2.24) is 9.91 Å². The van der Waals surface area contributed by atoms with Crippen molar-refractivity contribution < 1.29 is 13.9 Å². The monoisotopic (exact) mass is 492 g/mol. The van der Waals surface area contributed by atoms with Gasteiger partial charge in [0.15, 0.2) is 0 Å². The van der Waals surface area contributed by atoms with E-state index in [0.29, 0.717) is 11.4 Å². The molecule has 0 N–H and O–H groups in total. The highest BCUT2D eigenvalue weighted by molar-refractivity contribution is 6.30. The van der Waals surface area contributed by atoms with Crippen LogP contribution >= 0.6 is 11.6 Å². The Bertz CT molecular complexity index is 1170. The lowest BCUT2D eigenvalue weighted by atomic mass is 10.0. The summed E-state index contributed by atoms with van der Waals surface area (Å²) in [4.78, 5) is 18.3. The number of carbonyl (C=O) groups is 1. The van der Waals surface area contributed by atoms with Gasteiger partial charge in [-0.3, -0.25) is 9.69 Å². The Balaban J connectivity index is 1.29. The number of hydrogen-bond acceptors (Lipinski definition) is 6. The summed E-state index contributed by atoms with van der Waals surface area (Å²) < 4.78 is 11.0. The summed E-state index contributed by atoms with van der Waals surface area (Å²) in [6, 6.07) is 18.9. The predicted molar refractivity (Wildman–Crippen MR) is 137 cm³/mol. The maximum absolute atomic E-state index is 13.7. The van der Waals surface area contributed by atoms with Crippen molar-refractivity contribution in [3.05, 3.63) is 83.3 Å². The summed E-state index contributed by atoms with van der Waals surface area (Å²) in [5, 5.41) is 7.05. The molecule has 2 aliphatic heterocycles. The van der Waals surface area contributed by atoms with Crippen molar-refractivity contribution in [3.63, 3.8) is 0 Å². The van der Waals surface area contributed by atoms with Crippen LogP contribution in [0.1, 0.15) is 30.7 Å². The number of anilines is 1. The number of piperazine rings is 1. The second-order valence-corrected chi connectivity index (χ2v) is 9.31. The number of methoxy groups -OCH3 is 1. The molecule has 1 saturated heterocycles. The molecule has 1 fully saturated rings. The molecule has 0 aliphatic carbocycles. The Hall–Kier alpha value is -3.29. The first kappa shape index (κ1) is 23.5. The Labute approximate surface area is 210 Å². The van der Waals surface area contributed by atoms with E-state index in [-0.39, 0.29) is 18.0 Å². The van der Waals surface area contributed by atoms with Crippen LogP contribution in [0.25, 0.3) is 0 Å². The van der Waals surface area contributed by atoms with Gasteiger partial charge in [-0.1, -0.05) is 23.7 Å². The number of furan rings is 1. The highest BCUT2D eigenvalue weighted by Crippen LogP contribution is 2.34. The van der Waals surface area contributed by atoms with Crippen molar-refractivity contribution >= 4 is 28.9 Å². The summed E-state index contributed by atoms with van der Waals surface area (Å²) in [5.74, 6) is 1.57. The lowest BCUT2D eigenvalue weighted by Crippen LogP contribution is -2.54. The molecule has 0 bridgehead atoms. The summed E-state index contributed by atoms with van der Waals surface area (Å²) >= 11 is 6.06. The lowest BCUT2D eigenvalue weighted by molar-refractivity contribution is -0.138. The van der Waals surface area contributed by atoms with E-state index >= 15 is 0 Å². The van der Waals surface area contributed by atoms with Crippen LogP contribution in [-0.4, -0.2) is 60.9 Å². The van der Waals surface area contributed by atoms with E-state index in [1.54, 1.807) is 18.4 Å². The molecule has 0 radical (unpaired) electrons. The van der Waals surface area contributed by atoms with Gasteiger partial charge in [-0.2, -0.15) is 5.10 Å². The molecule has 0 saturated carbocycles. The van der Waals surface area contributed by atoms with Crippen LogP contribution in [0.3, 0.4) is 0 Å². The Morgan fingerprint density at radius 1 is 1.06 bits per heavy atom. The highest BCUT2D eigenvalue weighted by atomic mass is 35.5. The Kier molecular flexibility index (Phi) is 6.79. The first-order valence-electron chi connectivity index (χ1n) is 11.9. The zero-order chi connectivity index (χ0) is 24.4. The molecule has 0 spiro atoms. The molecule has 3 aromatic rings. The number of amides is 1. The third-order valence-corrected chi connectivity index (χ3v) is 7.09. The number of carbonyl (C=O) groups excluding carboxylic acids is 1. The van der Waals surface area contributed by atoms with Gasteiger partial charge in [-0.15, -0.1) is 0 Å². The van der Waals surface area contributed by atoms with Crippen molar-refractivity contribution in [2.24, 2.45) is 5.10 Å². The number of nitrogens with zero attached hydrogens (tertiary/aromatic N) is 4. The number of hydrogen-bond donors (Lipinski definition) is 0. The molecule has 2 unspecified atom stereocenters. The van der Waals surface area contributed by atoms with E-state index in [2.05, 4.69) is 21.9 Å². The number of rotatable bonds is 6. The minimum absolute atomic E-state index is 0.0201. The molecule has 7 nitrogen and oxygen atoms in total. The first-order chi connectivity index (χ1) is 17.0. The fourth-order valence-electron chi connectivity index (χ4n) is 4.74. The molecule has 5 rings (SSSR count). The second kappa shape index (κ2) is 10.1. The zero-order valence-corrected chi connectivity index (χ0v) is 20.7. The fraction of sp³-hybridized carbons (Fsp3) is 0.333. The average molecular weight is 493 g/mol. The average Bonchev–Trinajstić information content (AvgIpc) is 3.59. The van der Waals surface area contributed by atoms with Crippen LogP contribution in [0.2, 0.25) is 5.02 Å². The highest BCUT2D eigenvalue weighted by Gasteiger charge is 2.38. The third kappa shape index (κ3) is 4.92. The van der Waals surface area contributed by atoms with Crippen LogP contribution in [0.5, 0.6) is 5.75 Å². The summed E-state index contributed by atoms with van der Waals surface area (Å²) in [5.41, 5.74) is 2.98. The summed E-state index contributed by atoms with van der Waals surface area (Å²) in [6.45, 7) is 5.27.